The number of methoxy groups -OCH3 is 1. The lowest BCUT2D eigenvalue weighted by Crippen LogP contribution is -2.48. The first kappa shape index (κ1) is 41.0. The summed E-state index contributed by atoms with van der Waals surface area (Å²) in [5.74, 6) is -0.137. The zero-order valence-electron chi connectivity index (χ0n) is 31.7. The first-order valence-corrected chi connectivity index (χ1v) is 18.0. The number of nitrogens with zero attached hydrogens (tertiary/aromatic N) is 2. The van der Waals surface area contributed by atoms with Crippen molar-refractivity contribution in [1.29, 1.82) is 0 Å². The molecule has 2 fully saturated rings. The average molecular weight is 714 g/mol. The van der Waals surface area contributed by atoms with Gasteiger partial charge in [-0.05, 0) is 77.0 Å². The van der Waals surface area contributed by atoms with Gasteiger partial charge in [0, 0.05) is 49.3 Å². The molecule has 2 amide bonds. The third kappa shape index (κ3) is 11.3. The predicted molar refractivity (Wildman–Crippen MR) is 202 cm³/mol. The van der Waals surface area contributed by atoms with E-state index in [9.17, 15) is 14.4 Å². The van der Waals surface area contributed by atoms with Crippen molar-refractivity contribution in [2.45, 2.75) is 128 Å². The largest absolute Gasteiger partial charge is 0.494 e. The second kappa shape index (κ2) is 17.2. The zero-order valence-corrected chi connectivity index (χ0v) is 32.6. The molecule has 1 aromatic carbocycles. The van der Waals surface area contributed by atoms with Crippen molar-refractivity contribution in [1.82, 2.24) is 10.2 Å². The summed E-state index contributed by atoms with van der Waals surface area (Å²) < 4.78 is 17.5. The fourth-order valence-electron chi connectivity index (χ4n) is 6.52. The van der Waals surface area contributed by atoms with Gasteiger partial charge in [0.2, 0.25) is 5.91 Å². The Morgan fingerprint density at radius 3 is 2.60 bits per heavy atom. The molecule has 0 spiro atoms. The van der Waals surface area contributed by atoms with Crippen molar-refractivity contribution in [3.05, 3.63) is 59.3 Å². The number of rotatable bonds is 6. The summed E-state index contributed by atoms with van der Waals surface area (Å²) in [7, 11) is 5.29. The van der Waals surface area contributed by atoms with Crippen molar-refractivity contribution in [3.63, 3.8) is 0 Å². The number of thiol groups is 1. The number of hydrogen-bond acceptors (Lipinski definition) is 8. The molecule has 0 radical (unpaired) electrons. The Hall–Kier alpha value is -3.44. The highest BCUT2D eigenvalue weighted by molar-refractivity contribution is 7.81. The van der Waals surface area contributed by atoms with Gasteiger partial charge < -0.3 is 34.4 Å². The first-order chi connectivity index (χ1) is 23.3. The maximum absolute atomic E-state index is 12.2. The van der Waals surface area contributed by atoms with E-state index in [1.807, 2.05) is 13.8 Å². The lowest BCUT2D eigenvalue weighted by atomic mass is 9.86. The molecule has 4 rings (SSSR count). The van der Waals surface area contributed by atoms with Crippen LogP contribution in [-0.2, 0) is 25.5 Å². The number of benzene rings is 1. The number of nitrogens with one attached hydrogen (secondary N) is 1. The number of ether oxygens (including phenoxy) is 3. The SMILES string of the molecule is C=C1CC[C@]2(C)O[C@H]2[C@H](C)C2CC(C/C=C/C=C(\C)Cc3cc(C)c(OC)c(c3)N1C)NC(=O)O2.C[C@@H](C(=O)O)N(C)C(=O)CCC(C)(C)S. The van der Waals surface area contributed by atoms with Crippen LogP contribution in [0.1, 0.15) is 91.2 Å². The van der Waals surface area contributed by atoms with Crippen LogP contribution < -0.4 is 15.0 Å². The van der Waals surface area contributed by atoms with E-state index in [1.54, 1.807) is 7.11 Å². The number of likely N-dealkylation sites (N-methyl/N-ethyl adjacent to an activating group) is 1. The number of aryl methyl sites for hydroxylation is 1. The molecule has 2 unspecified atom stereocenters. The Bertz CT molecular complexity index is 1470. The number of carbonyl (C=O) groups excluding carboxylic acids is 2. The Morgan fingerprint density at radius 1 is 1.30 bits per heavy atom. The summed E-state index contributed by atoms with van der Waals surface area (Å²) in [6.45, 7) is 18.3. The molecule has 0 aromatic heterocycles. The Kier molecular flexibility index (Phi) is 14.1. The maximum atomic E-state index is 12.2. The van der Waals surface area contributed by atoms with Gasteiger partial charge in [-0.3, -0.25) is 4.79 Å². The van der Waals surface area contributed by atoms with Gasteiger partial charge in [-0.1, -0.05) is 57.2 Å². The van der Waals surface area contributed by atoms with E-state index in [-0.39, 0.29) is 46.5 Å². The third-order valence-corrected chi connectivity index (χ3v) is 10.3. The van der Waals surface area contributed by atoms with Gasteiger partial charge in [0.05, 0.1) is 24.5 Å². The van der Waals surface area contributed by atoms with E-state index in [0.717, 1.165) is 54.8 Å². The summed E-state index contributed by atoms with van der Waals surface area (Å²) in [6.07, 6.45) is 11.0. The topological polar surface area (TPSA) is 121 Å². The molecule has 0 aliphatic carbocycles. The summed E-state index contributed by atoms with van der Waals surface area (Å²) >= 11 is 4.30. The minimum absolute atomic E-state index is 0.0699. The third-order valence-electron chi connectivity index (χ3n) is 10.1. The lowest BCUT2D eigenvalue weighted by molar-refractivity contribution is -0.148. The molecule has 3 heterocycles. The zero-order chi connectivity index (χ0) is 37.6. The monoisotopic (exact) mass is 713 g/mol. The normalized spacial score (nSPS) is 27.9. The number of anilines is 1. The quantitative estimate of drug-likeness (QED) is 0.208. The fourth-order valence-corrected chi connectivity index (χ4v) is 6.63. The fraction of sp³-hybridized carbons (Fsp3) is 0.615. The molecule has 2 N–H and O–H groups in total. The van der Waals surface area contributed by atoms with Crippen LogP contribution in [0.4, 0.5) is 10.5 Å². The minimum Gasteiger partial charge on any atom is -0.494 e. The Labute approximate surface area is 304 Å². The number of allylic oxidation sites excluding steroid dienone is 4. The molecule has 3 aliphatic rings. The molecule has 11 heteroatoms. The number of fused-ring (bicyclic) bond motifs is 5. The van der Waals surface area contributed by atoms with Gasteiger partial charge in [-0.2, -0.15) is 12.6 Å². The number of carbonyl (C=O) groups is 3. The number of alkyl carbamates (subject to hydrolysis) is 1. The van der Waals surface area contributed by atoms with Crippen molar-refractivity contribution in [2.24, 2.45) is 5.92 Å². The van der Waals surface area contributed by atoms with Crippen LogP contribution in [0.2, 0.25) is 0 Å². The van der Waals surface area contributed by atoms with Crippen molar-refractivity contribution in [3.8, 4) is 5.75 Å². The summed E-state index contributed by atoms with van der Waals surface area (Å²) in [5.41, 5.74) is 5.44. The van der Waals surface area contributed by atoms with E-state index < -0.39 is 12.0 Å². The van der Waals surface area contributed by atoms with Gasteiger partial charge in [0.1, 0.15) is 17.9 Å². The molecule has 0 saturated carbocycles. The van der Waals surface area contributed by atoms with Gasteiger partial charge >= 0.3 is 12.1 Å². The van der Waals surface area contributed by atoms with Crippen LogP contribution in [0.3, 0.4) is 0 Å². The maximum Gasteiger partial charge on any atom is 0.407 e. The molecule has 4 bridgehead atoms. The molecule has 50 heavy (non-hydrogen) atoms. The number of carboxylic acids is 1. The highest BCUT2D eigenvalue weighted by atomic mass is 32.1. The van der Waals surface area contributed by atoms with Crippen molar-refractivity contribution >= 4 is 36.3 Å². The van der Waals surface area contributed by atoms with E-state index >= 15 is 0 Å². The predicted octanol–water partition coefficient (Wildman–Crippen LogP) is 7.25. The second-order valence-corrected chi connectivity index (χ2v) is 16.2. The molecule has 1 aromatic rings. The van der Waals surface area contributed by atoms with Crippen LogP contribution in [0.15, 0.2) is 48.2 Å². The van der Waals surface area contributed by atoms with Crippen LogP contribution in [0.25, 0.3) is 0 Å². The van der Waals surface area contributed by atoms with Crippen molar-refractivity contribution < 1.29 is 33.7 Å². The average Bonchev–Trinajstić information content (AvgIpc) is 3.73. The van der Waals surface area contributed by atoms with Gasteiger partial charge in [0.25, 0.3) is 0 Å². The summed E-state index contributed by atoms with van der Waals surface area (Å²) in [4.78, 5) is 37.8. The first-order valence-electron chi connectivity index (χ1n) is 17.5. The van der Waals surface area contributed by atoms with E-state index in [0.29, 0.717) is 12.8 Å². The van der Waals surface area contributed by atoms with Crippen LogP contribution >= 0.6 is 12.6 Å². The van der Waals surface area contributed by atoms with Gasteiger partial charge in [-0.25, -0.2) is 9.59 Å². The molecule has 3 aliphatic heterocycles. The number of aliphatic carboxylic acids is 1. The van der Waals surface area contributed by atoms with Crippen LogP contribution in [0, 0.1) is 12.8 Å². The number of hydrogen-bond donors (Lipinski definition) is 3. The molecule has 6 atom stereocenters. The number of amides is 2. The molecule has 10 nitrogen and oxygen atoms in total. The van der Waals surface area contributed by atoms with Crippen LogP contribution in [-0.4, -0.2) is 83.8 Å². The van der Waals surface area contributed by atoms with E-state index in [1.165, 1.54) is 30.0 Å². The summed E-state index contributed by atoms with van der Waals surface area (Å²) in [5, 5.41) is 11.7. The smallest absolute Gasteiger partial charge is 0.407 e. The standard InChI is InChI=1S/C29H40N2O4.C10H19NO3S/c1-18-10-8-9-11-23-17-25(34-28(32)30-23)21(4)27-29(5,35-27)13-12-20(3)31(6)24-16-22(14-18)15-19(2)26(24)33-7;1-7(9(13)14)11(4)8(12)5-6-10(2,3)15/h8-10,15-16,21,23,25,27H,3,11-14,17H2,1-2,4-7H3,(H,30,32);7,15H,5-6H2,1-4H3,(H,13,14)/b9-8+,18-10+;/t21-,23?,25?,27+,29+;7-/m10/s1. The van der Waals surface area contributed by atoms with Crippen molar-refractivity contribution in [2.75, 3.05) is 26.1 Å². The molecule has 278 valence electrons. The minimum atomic E-state index is -0.990. The Morgan fingerprint density at radius 2 is 1.98 bits per heavy atom. The number of epoxide rings is 1. The molecule has 2 saturated heterocycles. The lowest BCUT2D eigenvalue weighted by Gasteiger charge is -2.33. The summed E-state index contributed by atoms with van der Waals surface area (Å²) in [6, 6.07) is 3.70. The van der Waals surface area contributed by atoms with E-state index in [4.69, 9.17) is 19.3 Å². The highest BCUT2D eigenvalue weighted by Crippen LogP contribution is 2.48. The Balaban J connectivity index is 0.000000381. The second-order valence-electron chi connectivity index (χ2n) is 15.0. The van der Waals surface area contributed by atoms with Gasteiger partial charge in [-0.15, -0.1) is 0 Å². The number of carboxylic acid groups (broad SMARTS) is 1. The molecular weight excluding hydrogens is 655 g/mol. The van der Waals surface area contributed by atoms with Crippen LogP contribution in [0.5, 0.6) is 5.75 Å². The molecular formula is C39H59N3O7S. The van der Waals surface area contributed by atoms with Gasteiger partial charge in [0.15, 0.2) is 0 Å². The highest BCUT2D eigenvalue weighted by Gasteiger charge is 2.57. The van der Waals surface area contributed by atoms with E-state index in [2.05, 4.69) is 94.5 Å².